The zero-order valence-corrected chi connectivity index (χ0v) is 12.9. The number of methoxy groups -OCH3 is 1. The summed E-state index contributed by atoms with van der Waals surface area (Å²) in [5, 5.41) is 3.46. The van der Waals surface area contributed by atoms with Gasteiger partial charge in [-0.1, -0.05) is 12.1 Å². The minimum absolute atomic E-state index is 0.148. The van der Waals surface area contributed by atoms with Crippen LogP contribution < -0.4 is 5.32 Å². The fraction of sp³-hybridized carbons (Fsp3) is 0.438. The Morgan fingerprint density at radius 3 is 2.90 bits per heavy atom. The molecule has 21 heavy (non-hydrogen) atoms. The van der Waals surface area contributed by atoms with E-state index in [1.807, 2.05) is 30.1 Å². The van der Waals surface area contributed by atoms with Crippen LogP contribution in [0.5, 0.6) is 0 Å². The molecule has 0 fully saturated rings. The van der Waals surface area contributed by atoms with E-state index in [0.29, 0.717) is 19.8 Å². The summed E-state index contributed by atoms with van der Waals surface area (Å²) in [5.74, 6) is 1.01. The average molecular weight is 289 g/mol. The summed E-state index contributed by atoms with van der Waals surface area (Å²) >= 11 is 0. The highest BCUT2D eigenvalue weighted by Gasteiger charge is 2.09. The van der Waals surface area contributed by atoms with Crippen molar-refractivity contribution in [2.75, 3.05) is 25.6 Å². The zero-order valence-electron chi connectivity index (χ0n) is 12.9. The molecule has 0 aliphatic rings. The fourth-order valence-electron chi connectivity index (χ4n) is 2.19. The molecule has 0 amide bonds. The van der Waals surface area contributed by atoms with Crippen LogP contribution in [-0.4, -0.2) is 29.9 Å². The third-order valence-corrected chi connectivity index (χ3v) is 3.26. The Hall–Kier alpha value is -1.85. The number of ether oxygens (including phenoxy) is 2. The van der Waals surface area contributed by atoms with Crippen molar-refractivity contribution in [1.82, 2.24) is 9.55 Å². The molecule has 0 spiro atoms. The summed E-state index contributed by atoms with van der Waals surface area (Å²) in [5.41, 5.74) is 2.21. The van der Waals surface area contributed by atoms with E-state index in [2.05, 4.69) is 35.4 Å². The van der Waals surface area contributed by atoms with E-state index < -0.39 is 0 Å². The predicted molar refractivity (Wildman–Crippen MR) is 83.2 cm³/mol. The number of anilines is 1. The van der Waals surface area contributed by atoms with Crippen LogP contribution in [0.4, 0.5) is 5.69 Å². The molecule has 5 heteroatoms. The third-order valence-electron chi connectivity index (χ3n) is 3.26. The van der Waals surface area contributed by atoms with Crippen molar-refractivity contribution in [3.8, 4) is 0 Å². The Labute approximate surface area is 125 Å². The van der Waals surface area contributed by atoms with Crippen molar-refractivity contribution >= 4 is 5.69 Å². The number of aromatic nitrogens is 2. The Morgan fingerprint density at radius 2 is 2.19 bits per heavy atom. The summed E-state index contributed by atoms with van der Waals surface area (Å²) in [6.07, 6.45) is 3.77. The van der Waals surface area contributed by atoms with E-state index in [0.717, 1.165) is 17.1 Å². The van der Waals surface area contributed by atoms with Gasteiger partial charge in [0.2, 0.25) is 0 Å². The highest BCUT2D eigenvalue weighted by atomic mass is 16.5. The lowest BCUT2D eigenvalue weighted by molar-refractivity contribution is 0.0617. The largest absolute Gasteiger partial charge is 0.382 e. The summed E-state index contributed by atoms with van der Waals surface area (Å²) in [6.45, 7) is 3.92. The quantitative estimate of drug-likeness (QED) is 0.759. The first kappa shape index (κ1) is 15.5. The molecule has 2 rings (SSSR count). The van der Waals surface area contributed by atoms with Gasteiger partial charge in [0.15, 0.2) is 0 Å². The van der Waals surface area contributed by atoms with Crippen LogP contribution in [-0.2, 0) is 23.1 Å². The lowest BCUT2D eigenvalue weighted by Crippen LogP contribution is -2.12. The highest BCUT2D eigenvalue weighted by molar-refractivity contribution is 5.46. The van der Waals surface area contributed by atoms with Gasteiger partial charge in [-0.2, -0.15) is 0 Å². The molecule has 0 saturated carbocycles. The summed E-state index contributed by atoms with van der Waals surface area (Å²) in [7, 11) is 3.67. The van der Waals surface area contributed by atoms with Gasteiger partial charge in [0.25, 0.3) is 0 Å². The number of aryl methyl sites for hydroxylation is 1. The first-order valence-electron chi connectivity index (χ1n) is 7.10. The molecule has 0 radical (unpaired) electrons. The van der Waals surface area contributed by atoms with E-state index in [1.165, 1.54) is 0 Å². The van der Waals surface area contributed by atoms with E-state index in [1.54, 1.807) is 7.11 Å². The Bertz CT molecular complexity index is 554. The van der Waals surface area contributed by atoms with Crippen molar-refractivity contribution in [2.24, 2.45) is 7.05 Å². The van der Waals surface area contributed by atoms with Crippen molar-refractivity contribution in [1.29, 1.82) is 0 Å². The second-order valence-electron chi connectivity index (χ2n) is 5.01. The van der Waals surface area contributed by atoms with Crippen LogP contribution in [0.2, 0.25) is 0 Å². The molecule has 5 nitrogen and oxygen atoms in total. The number of hydrogen-bond donors (Lipinski definition) is 1. The SMILES string of the molecule is COCCOCc1cccc(NC(C)c2nccn2C)c1. The minimum Gasteiger partial charge on any atom is -0.382 e. The molecule has 114 valence electrons. The van der Waals surface area contributed by atoms with Crippen molar-refractivity contribution < 1.29 is 9.47 Å². The van der Waals surface area contributed by atoms with Gasteiger partial charge in [-0.25, -0.2) is 4.98 Å². The van der Waals surface area contributed by atoms with E-state index in [9.17, 15) is 0 Å². The number of imidazole rings is 1. The Morgan fingerprint density at radius 1 is 1.33 bits per heavy atom. The van der Waals surface area contributed by atoms with E-state index in [-0.39, 0.29) is 6.04 Å². The van der Waals surface area contributed by atoms with Crippen LogP contribution in [0.25, 0.3) is 0 Å². The summed E-state index contributed by atoms with van der Waals surface area (Å²) in [6, 6.07) is 8.39. The van der Waals surface area contributed by atoms with Crippen molar-refractivity contribution in [2.45, 2.75) is 19.6 Å². The number of rotatable bonds is 8. The molecule has 1 aromatic carbocycles. The molecule has 1 atom stereocenters. The molecule has 1 unspecified atom stereocenters. The van der Waals surface area contributed by atoms with Gasteiger partial charge in [0.1, 0.15) is 5.82 Å². The third kappa shape index (κ3) is 4.58. The first-order chi connectivity index (χ1) is 10.2. The van der Waals surface area contributed by atoms with Gasteiger partial charge in [-0.05, 0) is 24.6 Å². The standard InChI is InChI=1S/C16H23N3O2/c1-13(16-17-7-8-19(16)2)18-15-6-4-5-14(11-15)12-21-10-9-20-3/h4-8,11,13,18H,9-10,12H2,1-3H3. The molecular weight excluding hydrogens is 266 g/mol. The van der Waals surface area contributed by atoms with Gasteiger partial charge in [0, 0.05) is 32.2 Å². The van der Waals surface area contributed by atoms with Crippen molar-refractivity contribution in [3.05, 3.63) is 48.0 Å². The molecule has 0 bridgehead atoms. The van der Waals surface area contributed by atoms with Gasteiger partial charge in [0.05, 0.1) is 25.9 Å². The minimum atomic E-state index is 0.148. The number of nitrogens with one attached hydrogen (secondary N) is 1. The average Bonchev–Trinajstić information content (AvgIpc) is 2.90. The summed E-state index contributed by atoms with van der Waals surface area (Å²) < 4.78 is 12.5. The van der Waals surface area contributed by atoms with Gasteiger partial charge >= 0.3 is 0 Å². The van der Waals surface area contributed by atoms with Crippen LogP contribution in [0.15, 0.2) is 36.7 Å². The lowest BCUT2D eigenvalue weighted by atomic mass is 10.2. The van der Waals surface area contributed by atoms with E-state index in [4.69, 9.17) is 9.47 Å². The highest BCUT2D eigenvalue weighted by Crippen LogP contribution is 2.19. The van der Waals surface area contributed by atoms with Gasteiger partial charge in [-0.15, -0.1) is 0 Å². The van der Waals surface area contributed by atoms with Crippen LogP contribution in [0.3, 0.4) is 0 Å². The Balaban J connectivity index is 1.93. The number of hydrogen-bond acceptors (Lipinski definition) is 4. The second-order valence-corrected chi connectivity index (χ2v) is 5.01. The van der Waals surface area contributed by atoms with Crippen LogP contribution >= 0.6 is 0 Å². The molecular formula is C16H23N3O2. The number of benzene rings is 1. The summed E-state index contributed by atoms with van der Waals surface area (Å²) in [4.78, 5) is 4.37. The van der Waals surface area contributed by atoms with Gasteiger partial charge < -0.3 is 19.4 Å². The lowest BCUT2D eigenvalue weighted by Gasteiger charge is -2.16. The molecule has 1 N–H and O–H groups in total. The molecule has 0 aliphatic carbocycles. The number of nitrogens with zero attached hydrogens (tertiary/aromatic N) is 2. The monoisotopic (exact) mass is 289 g/mol. The smallest absolute Gasteiger partial charge is 0.130 e. The maximum absolute atomic E-state index is 5.54. The Kier molecular flexibility index (Phi) is 5.78. The fourth-order valence-corrected chi connectivity index (χ4v) is 2.19. The maximum atomic E-state index is 5.54. The van der Waals surface area contributed by atoms with Crippen LogP contribution in [0.1, 0.15) is 24.4 Å². The topological polar surface area (TPSA) is 48.3 Å². The first-order valence-corrected chi connectivity index (χ1v) is 7.10. The molecule has 0 saturated heterocycles. The maximum Gasteiger partial charge on any atom is 0.130 e. The molecule has 1 aromatic heterocycles. The zero-order chi connectivity index (χ0) is 15.1. The molecule has 0 aliphatic heterocycles. The second kappa shape index (κ2) is 7.81. The van der Waals surface area contributed by atoms with E-state index >= 15 is 0 Å². The van der Waals surface area contributed by atoms with Crippen LogP contribution in [0, 0.1) is 0 Å². The molecule has 2 aromatic rings. The van der Waals surface area contributed by atoms with Gasteiger partial charge in [-0.3, -0.25) is 0 Å². The van der Waals surface area contributed by atoms with Crippen molar-refractivity contribution in [3.63, 3.8) is 0 Å². The predicted octanol–water partition coefficient (Wildman–Crippen LogP) is 2.76. The normalized spacial score (nSPS) is 12.3. The molecule has 1 heterocycles.